The summed E-state index contributed by atoms with van der Waals surface area (Å²) < 4.78 is 0. The average Bonchev–Trinajstić information content (AvgIpc) is 2.16. The number of carbonyl (C=O) groups is 1. The van der Waals surface area contributed by atoms with Crippen LogP contribution >= 0.6 is 0 Å². The predicted octanol–water partition coefficient (Wildman–Crippen LogP) is 1.97. The Kier molecular flexibility index (Phi) is 3.93. The lowest BCUT2D eigenvalue weighted by Crippen LogP contribution is -2.14. The molecule has 0 spiro atoms. The maximum absolute atomic E-state index is 11.4. The van der Waals surface area contributed by atoms with Gasteiger partial charge in [0.15, 0.2) is 0 Å². The summed E-state index contributed by atoms with van der Waals surface area (Å²) >= 11 is 0. The number of hydrogen-bond donors (Lipinski definition) is 1. The summed E-state index contributed by atoms with van der Waals surface area (Å²) in [6, 6.07) is 2.72. The molecule has 0 saturated carbocycles. The molecule has 1 amide bonds. The van der Waals surface area contributed by atoms with Crippen molar-refractivity contribution < 1.29 is 9.72 Å². The smallest absolute Gasteiger partial charge is 0.287 e. The number of hydrogen-bond acceptors (Lipinski definition) is 4. The number of nitro groups is 1. The van der Waals surface area contributed by atoms with Gasteiger partial charge in [0.05, 0.1) is 4.92 Å². The number of rotatable bonds is 4. The zero-order valence-electron chi connectivity index (χ0n) is 9.14. The van der Waals surface area contributed by atoms with Crippen LogP contribution in [0.3, 0.4) is 0 Å². The van der Waals surface area contributed by atoms with Gasteiger partial charge in [-0.25, -0.2) is 4.98 Å². The summed E-state index contributed by atoms with van der Waals surface area (Å²) in [5, 5.41) is 12.9. The van der Waals surface area contributed by atoms with E-state index in [9.17, 15) is 14.9 Å². The Bertz CT molecular complexity index is 387. The van der Waals surface area contributed by atoms with E-state index in [0.717, 1.165) is 6.20 Å². The molecule has 86 valence electrons. The molecule has 6 nitrogen and oxygen atoms in total. The molecular formula is C10H13N3O3. The second-order valence-electron chi connectivity index (χ2n) is 3.80. The standard InChI is InChI=1S/C10H13N3O3/c1-7(2)5-10(14)12-9-4-3-8(6-11-9)13(15)16/h3-4,6-7H,5H2,1-2H3,(H,11,12,14). The first-order chi connectivity index (χ1) is 7.49. The van der Waals surface area contributed by atoms with Gasteiger partial charge in [-0.15, -0.1) is 0 Å². The number of aromatic nitrogens is 1. The van der Waals surface area contributed by atoms with Crippen LogP contribution in [-0.4, -0.2) is 15.8 Å². The van der Waals surface area contributed by atoms with Gasteiger partial charge < -0.3 is 5.32 Å². The van der Waals surface area contributed by atoms with Crippen molar-refractivity contribution in [1.29, 1.82) is 0 Å². The minimum absolute atomic E-state index is 0.0955. The van der Waals surface area contributed by atoms with Crippen molar-refractivity contribution in [3.8, 4) is 0 Å². The number of nitrogens with one attached hydrogen (secondary N) is 1. The van der Waals surface area contributed by atoms with Gasteiger partial charge in [0.2, 0.25) is 5.91 Å². The van der Waals surface area contributed by atoms with Crippen LogP contribution in [0.5, 0.6) is 0 Å². The second-order valence-corrected chi connectivity index (χ2v) is 3.80. The fourth-order valence-corrected chi connectivity index (χ4v) is 1.13. The van der Waals surface area contributed by atoms with Crippen molar-refractivity contribution in [1.82, 2.24) is 4.98 Å². The van der Waals surface area contributed by atoms with Crippen LogP contribution in [0.4, 0.5) is 11.5 Å². The van der Waals surface area contributed by atoms with Gasteiger partial charge in [-0.1, -0.05) is 13.8 Å². The molecule has 1 aromatic rings. The molecule has 1 N–H and O–H groups in total. The van der Waals surface area contributed by atoms with E-state index in [-0.39, 0.29) is 17.5 Å². The highest BCUT2D eigenvalue weighted by atomic mass is 16.6. The molecule has 0 aromatic carbocycles. The first-order valence-electron chi connectivity index (χ1n) is 4.89. The highest BCUT2D eigenvalue weighted by Crippen LogP contribution is 2.12. The topological polar surface area (TPSA) is 85.1 Å². The summed E-state index contributed by atoms with van der Waals surface area (Å²) in [5.41, 5.74) is -0.0955. The van der Waals surface area contributed by atoms with Crippen LogP contribution in [0.2, 0.25) is 0 Å². The van der Waals surface area contributed by atoms with E-state index in [1.165, 1.54) is 12.1 Å². The summed E-state index contributed by atoms with van der Waals surface area (Å²) in [7, 11) is 0. The molecular weight excluding hydrogens is 210 g/mol. The Labute approximate surface area is 92.8 Å². The molecule has 0 fully saturated rings. The van der Waals surface area contributed by atoms with Crippen LogP contribution in [0.1, 0.15) is 20.3 Å². The maximum atomic E-state index is 11.4. The van der Waals surface area contributed by atoms with E-state index in [0.29, 0.717) is 12.2 Å². The number of amides is 1. The molecule has 0 aliphatic heterocycles. The van der Waals surface area contributed by atoms with Gasteiger partial charge in [-0.3, -0.25) is 14.9 Å². The van der Waals surface area contributed by atoms with Gasteiger partial charge in [0.25, 0.3) is 5.69 Å². The van der Waals surface area contributed by atoms with E-state index < -0.39 is 4.92 Å². The molecule has 0 saturated heterocycles. The quantitative estimate of drug-likeness (QED) is 0.624. The summed E-state index contributed by atoms with van der Waals surface area (Å²) in [6.45, 7) is 3.87. The normalized spacial score (nSPS) is 10.2. The van der Waals surface area contributed by atoms with Crippen LogP contribution in [0.15, 0.2) is 18.3 Å². The average molecular weight is 223 g/mol. The minimum atomic E-state index is -0.535. The Morgan fingerprint density at radius 2 is 2.25 bits per heavy atom. The molecule has 0 radical (unpaired) electrons. The molecule has 0 unspecified atom stereocenters. The Balaban J connectivity index is 2.62. The molecule has 1 heterocycles. The third-order valence-corrected chi connectivity index (χ3v) is 1.82. The van der Waals surface area contributed by atoms with E-state index in [4.69, 9.17) is 0 Å². The highest BCUT2D eigenvalue weighted by Gasteiger charge is 2.08. The lowest BCUT2D eigenvalue weighted by atomic mass is 10.1. The van der Waals surface area contributed by atoms with Crippen molar-refractivity contribution in [2.45, 2.75) is 20.3 Å². The Morgan fingerprint density at radius 1 is 1.56 bits per heavy atom. The fourth-order valence-electron chi connectivity index (χ4n) is 1.13. The van der Waals surface area contributed by atoms with Crippen molar-refractivity contribution in [3.05, 3.63) is 28.4 Å². The van der Waals surface area contributed by atoms with Crippen molar-refractivity contribution in [3.63, 3.8) is 0 Å². The van der Waals surface area contributed by atoms with Crippen LogP contribution in [0.25, 0.3) is 0 Å². The van der Waals surface area contributed by atoms with Crippen molar-refractivity contribution in [2.24, 2.45) is 5.92 Å². The number of pyridine rings is 1. The maximum Gasteiger partial charge on any atom is 0.287 e. The Hall–Kier alpha value is -1.98. The summed E-state index contributed by atoms with van der Waals surface area (Å²) in [6.07, 6.45) is 1.52. The third kappa shape index (κ3) is 3.64. The minimum Gasteiger partial charge on any atom is -0.311 e. The number of nitrogens with zero attached hydrogens (tertiary/aromatic N) is 2. The van der Waals surface area contributed by atoms with Crippen molar-refractivity contribution in [2.75, 3.05) is 5.32 Å². The molecule has 6 heteroatoms. The van der Waals surface area contributed by atoms with Gasteiger partial charge in [0, 0.05) is 12.5 Å². The molecule has 0 atom stereocenters. The van der Waals surface area contributed by atoms with Crippen LogP contribution in [-0.2, 0) is 4.79 Å². The first-order valence-corrected chi connectivity index (χ1v) is 4.89. The predicted molar refractivity (Wildman–Crippen MR) is 59.0 cm³/mol. The van der Waals surface area contributed by atoms with Gasteiger partial charge in [-0.05, 0) is 12.0 Å². The lowest BCUT2D eigenvalue weighted by Gasteiger charge is -2.05. The molecule has 1 aromatic heterocycles. The largest absolute Gasteiger partial charge is 0.311 e. The zero-order chi connectivity index (χ0) is 12.1. The molecule has 16 heavy (non-hydrogen) atoms. The molecule has 1 rings (SSSR count). The second kappa shape index (κ2) is 5.20. The number of carbonyl (C=O) groups excluding carboxylic acids is 1. The number of anilines is 1. The fraction of sp³-hybridized carbons (Fsp3) is 0.400. The molecule has 0 aliphatic carbocycles. The van der Waals surface area contributed by atoms with Gasteiger partial charge in [0.1, 0.15) is 12.0 Å². The van der Waals surface area contributed by atoms with Crippen LogP contribution < -0.4 is 5.32 Å². The van der Waals surface area contributed by atoms with E-state index in [1.54, 1.807) is 0 Å². The lowest BCUT2D eigenvalue weighted by molar-refractivity contribution is -0.385. The first kappa shape index (κ1) is 12.1. The molecule has 0 bridgehead atoms. The summed E-state index contributed by atoms with van der Waals surface area (Å²) in [5.74, 6) is 0.450. The zero-order valence-corrected chi connectivity index (χ0v) is 9.14. The van der Waals surface area contributed by atoms with Crippen LogP contribution in [0, 0.1) is 16.0 Å². The monoisotopic (exact) mass is 223 g/mol. The molecule has 0 aliphatic rings. The van der Waals surface area contributed by atoms with E-state index in [2.05, 4.69) is 10.3 Å². The van der Waals surface area contributed by atoms with Gasteiger partial charge in [-0.2, -0.15) is 0 Å². The SMILES string of the molecule is CC(C)CC(=O)Nc1ccc([N+](=O)[O-])cn1. The third-order valence-electron chi connectivity index (χ3n) is 1.82. The van der Waals surface area contributed by atoms with E-state index in [1.807, 2.05) is 13.8 Å². The summed E-state index contributed by atoms with van der Waals surface area (Å²) in [4.78, 5) is 25.0. The Morgan fingerprint density at radius 3 is 2.69 bits per heavy atom. The van der Waals surface area contributed by atoms with Crippen molar-refractivity contribution >= 4 is 17.4 Å². The van der Waals surface area contributed by atoms with E-state index >= 15 is 0 Å². The highest BCUT2D eigenvalue weighted by molar-refractivity contribution is 5.89. The van der Waals surface area contributed by atoms with Gasteiger partial charge >= 0.3 is 0 Å².